The molecule has 5 nitrogen and oxygen atoms in total. The summed E-state index contributed by atoms with van der Waals surface area (Å²) >= 11 is 3.14. The summed E-state index contributed by atoms with van der Waals surface area (Å²) in [5, 5.41) is 17.8. The van der Waals surface area contributed by atoms with Gasteiger partial charge >= 0.3 is 11.9 Å². The molecule has 0 radical (unpaired) electrons. The number of carboxylic acids is 2. The normalized spacial score (nSPS) is 11.9. The van der Waals surface area contributed by atoms with E-state index >= 15 is 0 Å². The Balaban J connectivity index is 3.05. The van der Waals surface area contributed by atoms with Gasteiger partial charge in [0.1, 0.15) is 11.3 Å². The maximum Gasteiger partial charge on any atom is 0.344 e. The highest BCUT2D eigenvalue weighted by Crippen LogP contribution is 2.24. The monoisotopic (exact) mass is 302 g/mol. The number of rotatable bonds is 5. The Morgan fingerprint density at radius 1 is 1.41 bits per heavy atom. The molecule has 0 spiro atoms. The largest absolute Gasteiger partial charge is 0.479 e. The van der Waals surface area contributed by atoms with Crippen LogP contribution in [0.15, 0.2) is 22.7 Å². The molecule has 1 aromatic rings. The van der Waals surface area contributed by atoms with Crippen LogP contribution in [0, 0.1) is 0 Å². The molecule has 0 saturated heterocycles. The standard InChI is InChI=1S/C11H11BrO5/c1-2-8(11(15)16)17-9-4-3-6(12)5-7(9)10(13)14/h3-5,8H,2H2,1H3,(H,13,14)(H,15,16). The quantitative estimate of drug-likeness (QED) is 0.872. The summed E-state index contributed by atoms with van der Waals surface area (Å²) in [5.41, 5.74) is -0.0703. The van der Waals surface area contributed by atoms with Gasteiger partial charge in [0.25, 0.3) is 0 Å². The number of benzene rings is 1. The maximum absolute atomic E-state index is 11.0. The van der Waals surface area contributed by atoms with Crippen molar-refractivity contribution in [3.05, 3.63) is 28.2 Å². The van der Waals surface area contributed by atoms with E-state index in [4.69, 9.17) is 14.9 Å². The van der Waals surface area contributed by atoms with Crippen LogP contribution in [-0.4, -0.2) is 28.3 Å². The second-order valence-corrected chi connectivity index (χ2v) is 4.21. The van der Waals surface area contributed by atoms with Crippen molar-refractivity contribution in [2.75, 3.05) is 0 Å². The molecular formula is C11H11BrO5. The number of aliphatic carboxylic acids is 1. The van der Waals surface area contributed by atoms with Crippen molar-refractivity contribution < 1.29 is 24.5 Å². The molecule has 0 amide bonds. The Hall–Kier alpha value is -1.56. The van der Waals surface area contributed by atoms with E-state index in [1.807, 2.05) is 0 Å². The van der Waals surface area contributed by atoms with Gasteiger partial charge in [-0.3, -0.25) is 0 Å². The highest BCUT2D eigenvalue weighted by molar-refractivity contribution is 9.10. The van der Waals surface area contributed by atoms with Crippen molar-refractivity contribution in [3.63, 3.8) is 0 Å². The van der Waals surface area contributed by atoms with Gasteiger partial charge in [-0.1, -0.05) is 22.9 Å². The number of halogens is 1. The Labute approximate surface area is 106 Å². The molecule has 0 aliphatic rings. The third kappa shape index (κ3) is 3.45. The zero-order valence-corrected chi connectivity index (χ0v) is 10.6. The van der Waals surface area contributed by atoms with Gasteiger partial charge in [-0.25, -0.2) is 9.59 Å². The van der Waals surface area contributed by atoms with Gasteiger partial charge in [-0.15, -0.1) is 0 Å². The fraction of sp³-hybridized carbons (Fsp3) is 0.273. The van der Waals surface area contributed by atoms with Crippen LogP contribution in [0.4, 0.5) is 0 Å². The first-order chi connectivity index (χ1) is 7.95. The smallest absolute Gasteiger partial charge is 0.344 e. The van der Waals surface area contributed by atoms with Crippen LogP contribution in [-0.2, 0) is 4.79 Å². The number of carbonyl (C=O) groups is 2. The number of aromatic carboxylic acids is 1. The lowest BCUT2D eigenvalue weighted by atomic mass is 10.2. The van der Waals surface area contributed by atoms with Crippen LogP contribution in [0.25, 0.3) is 0 Å². The summed E-state index contributed by atoms with van der Waals surface area (Å²) in [7, 11) is 0. The van der Waals surface area contributed by atoms with Crippen molar-refractivity contribution in [2.24, 2.45) is 0 Å². The molecule has 0 saturated carbocycles. The highest BCUT2D eigenvalue weighted by atomic mass is 79.9. The Kier molecular flexibility index (Phi) is 4.51. The Morgan fingerprint density at radius 2 is 2.06 bits per heavy atom. The summed E-state index contributed by atoms with van der Waals surface area (Å²) in [4.78, 5) is 21.8. The number of hydrogen-bond donors (Lipinski definition) is 2. The van der Waals surface area contributed by atoms with E-state index in [1.54, 1.807) is 13.0 Å². The molecule has 2 N–H and O–H groups in total. The van der Waals surface area contributed by atoms with Crippen molar-refractivity contribution in [1.29, 1.82) is 0 Å². The van der Waals surface area contributed by atoms with Gasteiger partial charge in [-0.2, -0.15) is 0 Å². The summed E-state index contributed by atoms with van der Waals surface area (Å²) in [6.07, 6.45) is -0.793. The molecule has 17 heavy (non-hydrogen) atoms. The second kappa shape index (κ2) is 5.67. The van der Waals surface area contributed by atoms with Crippen molar-refractivity contribution >= 4 is 27.9 Å². The SMILES string of the molecule is CCC(Oc1ccc(Br)cc1C(=O)O)C(=O)O. The number of carboxylic acid groups (broad SMARTS) is 2. The molecule has 0 aliphatic carbocycles. The van der Waals surface area contributed by atoms with Crippen molar-refractivity contribution in [3.8, 4) is 5.75 Å². The predicted molar refractivity (Wildman–Crippen MR) is 63.4 cm³/mol. The lowest BCUT2D eigenvalue weighted by Gasteiger charge is -2.15. The summed E-state index contributed by atoms with van der Waals surface area (Å²) in [5.74, 6) is -2.23. The van der Waals surface area contributed by atoms with E-state index in [0.717, 1.165) is 0 Å². The second-order valence-electron chi connectivity index (χ2n) is 3.30. The van der Waals surface area contributed by atoms with Crippen molar-refractivity contribution in [2.45, 2.75) is 19.4 Å². The van der Waals surface area contributed by atoms with E-state index in [2.05, 4.69) is 15.9 Å². The highest BCUT2D eigenvalue weighted by Gasteiger charge is 2.20. The minimum absolute atomic E-state index is 0.0509. The molecule has 0 bridgehead atoms. The average Bonchev–Trinajstić information content (AvgIpc) is 2.26. The zero-order valence-electron chi connectivity index (χ0n) is 9.01. The molecule has 0 aromatic heterocycles. The number of hydrogen-bond acceptors (Lipinski definition) is 3. The fourth-order valence-corrected chi connectivity index (χ4v) is 1.59. The fourth-order valence-electron chi connectivity index (χ4n) is 1.23. The van der Waals surface area contributed by atoms with Crippen LogP contribution in [0.1, 0.15) is 23.7 Å². The first-order valence-corrected chi connectivity index (χ1v) is 5.67. The molecule has 0 fully saturated rings. The predicted octanol–water partition coefficient (Wildman–Crippen LogP) is 2.39. The minimum Gasteiger partial charge on any atom is -0.479 e. The molecular weight excluding hydrogens is 292 g/mol. The third-order valence-electron chi connectivity index (χ3n) is 2.09. The van der Waals surface area contributed by atoms with Crippen molar-refractivity contribution in [1.82, 2.24) is 0 Å². The molecule has 6 heteroatoms. The van der Waals surface area contributed by atoms with E-state index in [0.29, 0.717) is 4.47 Å². The van der Waals surface area contributed by atoms with E-state index < -0.39 is 18.0 Å². The van der Waals surface area contributed by atoms with Gasteiger partial charge < -0.3 is 14.9 Å². The third-order valence-corrected chi connectivity index (χ3v) is 2.58. The lowest BCUT2D eigenvalue weighted by molar-refractivity contribution is -0.145. The molecule has 92 valence electrons. The molecule has 1 aromatic carbocycles. The van der Waals surface area contributed by atoms with E-state index in [1.165, 1.54) is 12.1 Å². The Morgan fingerprint density at radius 3 is 2.53 bits per heavy atom. The van der Waals surface area contributed by atoms with Gasteiger partial charge in [-0.05, 0) is 24.6 Å². The first kappa shape index (κ1) is 13.5. The van der Waals surface area contributed by atoms with Gasteiger partial charge in [0.2, 0.25) is 0 Å². The lowest BCUT2D eigenvalue weighted by Crippen LogP contribution is -2.26. The molecule has 1 rings (SSSR count). The van der Waals surface area contributed by atoms with Crippen LogP contribution in [0.3, 0.4) is 0 Å². The van der Waals surface area contributed by atoms with Gasteiger partial charge in [0.05, 0.1) is 0 Å². The van der Waals surface area contributed by atoms with Crippen LogP contribution < -0.4 is 4.74 Å². The summed E-state index contributed by atoms with van der Waals surface area (Å²) in [6, 6.07) is 4.39. The zero-order chi connectivity index (χ0) is 13.0. The Bertz CT molecular complexity index is 443. The first-order valence-electron chi connectivity index (χ1n) is 4.88. The van der Waals surface area contributed by atoms with Crippen LogP contribution in [0.5, 0.6) is 5.75 Å². The summed E-state index contributed by atoms with van der Waals surface area (Å²) in [6.45, 7) is 1.65. The minimum atomic E-state index is -1.17. The average molecular weight is 303 g/mol. The molecule has 1 unspecified atom stereocenters. The van der Waals surface area contributed by atoms with Gasteiger partial charge in [0, 0.05) is 4.47 Å². The number of ether oxygens (including phenoxy) is 1. The van der Waals surface area contributed by atoms with E-state index in [-0.39, 0.29) is 17.7 Å². The van der Waals surface area contributed by atoms with Gasteiger partial charge in [0.15, 0.2) is 6.10 Å². The van der Waals surface area contributed by atoms with E-state index in [9.17, 15) is 9.59 Å². The topological polar surface area (TPSA) is 83.8 Å². The van der Waals surface area contributed by atoms with Crippen LogP contribution in [0.2, 0.25) is 0 Å². The molecule has 0 aliphatic heterocycles. The summed E-state index contributed by atoms with van der Waals surface area (Å²) < 4.78 is 5.76. The van der Waals surface area contributed by atoms with Crippen LogP contribution >= 0.6 is 15.9 Å². The maximum atomic E-state index is 11.0. The molecule has 1 atom stereocenters. The molecule has 0 heterocycles.